The van der Waals surface area contributed by atoms with Crippen LogP contribution in [0.5, 0.6) is 0 Å². The minimum atomic E-state index is -3.54. The summed E-state index contributed by atoms with van der Waals surface area (Å²) in [5.74, 6) is 0.696. The molecule has 0 amide bonds. The first kappa shape index (κ1) is 9.66. The number of hydrogen-bond donors (Lipinski definition) is 0. The highest BCUT2D eigenvalue weighted by molar-refractivity contribution is 8.13. The number of aromatic nitrogens is 1. The number of halogens is 1. The summed E-state index contributed by atoms with van der Waals surface area (Å²) in [5, 5.41) is 3.82. The fourth-order valence-corrected chi connectivity index (χ4v) is 3.26. The summed E-state index contributed by atoms with van der Waals surface area (Å²) in [6, 6.07) is 0. The molecule has 2 aliphatic carbocycles. The highest BCUT2D eigenvalue weighted by Crippen LogP contribution is 2.57. The lowest BCUT2D eigenvalue weighted by molar-refractivity contribution is 0.351. The molecule has 1 aromatic heterocycles. The molecule has 0 aliphatic heterocycles. The average Bonchev–Trinajstić information content (AvgIpc) is 2.64. The van der Waals surface area contributed by atoms with Crippen LogP contribution in [0.3, 0.4) is 0 Å². The zero-order valence-electron chi connectivity index (χ0n) is 7.99. The molecule has 0 radical (unpaired) electrons. The summed E-state index contributed by atoms with van der Waals surface area (Å²) in [7, 11) is 1.67. The van der Waals surface area contributed by atoms with Gasteiger partial charge in [-0.3, -0.25) is 0 Å². The van der Waals surface area contributed by atoms with Gasteiger partial charge >= 0.3 is 0 Å². The lowest BCUT2D eigenvalue weighted by Gasteiger charge is -1.99. The zero-order valence-corrected chi connectivity index (χ0v) is 9.57. The van der Waals surface area contributed by atoms with Gasteiger partial charge in [0.25, 0.3) is 0 Å². The molecule has 0 atom stereocenters. The topological polar surface area (TPSA) is 60.2 Å². The van der Waals surface area contributed by atoms with Crippen molar-refractivity contribution in [3.63, 3.8) is 0 Å². The van der Waals surface area contributed by atoms with Gasteiger partial charge in [0.1, 0.15) is 17.2 Å². The normalized spacial score (nSPS) is 21.9. The Hall–Kier alpha value is -0.550. The molecule has 1 fully saturated rings. The van der Waals surface area contributed by atoms with Crippen molar-refractivity contribution in [1.82, 2.24) is 5.16 Å². The standard InChI is InChI=1S/C9H10ClNO3S/c10-15(12,13)5-7-6-1-2-9(3-4-9)8(6)14-11-7/h1-5H2. The number of rotatable bonds is 2. The second kappa shape index (κ2) is 2.77. The van der Waals surface area contributed by atoms with Gasteiger partial charge in [0.15, 0.2) is 0 Å². The molecule has 82 valence electrons. The molecule has 1 spiro atoms. The molecule has 1 saturated carbocycles. The Balaban J connectivity index is 2.00. The predicted molar refractivity (Wildman–Crippen MR) is 54.2 cm³/mol. The van der Waals surface area contributed by atoms with Gasteiger partial charge in [0.05, 0.1) is 0 Å². The second-order valence-electron chi connectivity index (χ2n) is 4.40. The molecule has 4 nitrogen and oxygen atoms in total. The van der Waals surface area contributed by atoms with Crippen molar-refractivity contribution < 1.29 is 12.9 Å². The van der Waals surface area contributed by atoms with Crippen LogP contribution in [0.15, 0.2) is 4.52 Å². The molecule has 0 unspecified atom stereocenters. The van der Waals surface area contributed by atoms with E-state index in [1.807, 2.05) is 0 Å². The Bertz CT molecular complexity index is 515. The SMILES string of the molecule is O=S(=O)(Cl)Cc1noc2c1CCC21CC1. The summed E-state index contributed by atoms with van der Waals surface area (Å²) in [4.78, 5) is 0. The Morgan fingerprint density at radius 3 is 2.73 bits per heavy atom. The molecule has 3 rings (SSSR count). The van der Waals surface area contributed by atoms with Gasteiger partial charge in [-0.15, -0.1) is 0 Å². The third-order valence-corrected chi connectivity index (χ3v) is 4.31. The fraction of sp³-hybridized carbons (Fsp3) is 0.667. The first-order valence-electron chi connectivity index (χ1n) is 4.90. The molecule has 0 aromatic carbocycles. The maximum atomic E-state index is 11.0. The Morgan fingerprint density at radius 2 is 2.13 bits per heavy atom. The van der Waals surface area contributed by atoms with E-state index in [4.69, 9.17) is 15.2 Å². The van der Waals surface area contributed by atoms with Gasteiger partial charge in [-0.2, -0.15) is 0 Å². The second-order valence-corrected chi connectivity index (χ2v) is 7.18. The van der Waals surface area contributed by atoms with E-state index >= 15 is 0 Å². The average molecular weight is 248 g/mol. The quantitative estimate of drug-likeness (QED) is 0.747. The van der Waals surface area contributed by atoms with Crippen LogP contribution in [-0.2, 0) is 26.6 Å². The van der Waals surface area contributed by atoms with Crippen molar-refractivity contribution in [3.05, 3.63) is 17.0 Å². The summed E-state index contributed by atoms with van der Waals surface area (Å²) in [6.07, 6.45) is 4.23. The first-order valence-corrected chi connectivity index (χ1v) is 7.38. The molecule has 1 aromatic rings. The van der Waals surface area contributed by atoms with Crippen molar-refractivity contribution in [1.29, 1.82) is 0 Å². The lowest BCUT2D eigenvalue weighted by Crippen LogP contribution is -1.98. The summed E-state index contributed by atoms with van der Waals surface area (Å²) in [6.45, 7) is 0. The molecule has 6 heteroatoms. The summed E-state index contributed by atoms with van der Waals surface area (Å²) >= 11 is 0. The van der Waals surface area contributed by atoms with Crippen molar-refractivity contribution in [2.75, 3.05) is 0 Å². The smallest absolute Gasteiger partial charge is 0.238 e. The summed E-state index contributed by atoms with van der Waals surface area (Å²) in [5.41, 5.74) is 1.69. The maximum Gasteiger partial charge on any atom is 0.238 e. The van der Waals surface area contributed by atoms with E-state index < -0.39 is 9.05 Å². The van der Waals surface area contributed by atoms with Crippen LogP contribution in [0.2, 0.25) is 0 Å². The Kier molecular flexibility index (Phi) is 1.78. The van der Waals surface area contributed by atoms with Gasteiger partial charge in [0.2, 0.25) is 9.05 Å². The molecular formula is C9H10ClNO3S. The Labute approximate surface area is 92.0 Å². The highest BCUT2D eigenvalue weighted by Gasteiger charge is 2.53. The van der Waals surface area contributed by atoms with Crippen LogP contribution in [-0.4, -0.2) is 13.6 Å². The van der Waals surface area contributed by atoms with Crippen LogP contribution in [0.4, 0.5) is 0 Å². The van der Waals surface area contributed by atoms with Gasteiger partial charge in [-0.1, -0.05) is 5.16 Å². The molecule has 0 saturated heterocycles. The van der Waals surface area contributed by atoms with E-state index in [-0.39, 0.29) is 11.2 Å². The summed E-state index contributed by atoms with van der Waals surface area (Å²) < 4.78 is 27.2. The number of fused-ring (bicyclic) bond motifs is 2. The van der Waals surface area contributed by atoms with Gasteiger partial charge < -0.3 is 4.52 Å². The van der Waals surface area contributed by atoms with Gasteiger partial charge in [-0.25, -0.2) is 8.42 Å². The van der Waals surface area contributed by atoms with Crippen molar-refractivity contribution in [2.24, 2.45) is 0 Å². The lowest BCUT2D eigenvalue weighted by atomic mass is 10.1. The predicted octanol–water partition coefficient (Wildman–Crippen LogP) is 1.72. The number of hydrogen-bond acceptors (Lipinski definition) is 4. The molecule has 0 bridgehead atoms. The van der Waals surface area contributed by atoms with E-state index in [9.17, 15) is 8.42 Å². The molecule has 15 heavy (non-hydrogen) atoms. The Morgan fingerprint density at radius 1 is 1.40 bits per heavy atom. The van der Waals surface area contributed by atoms with Crippen LogP contribution >= 0.6 is 10.7 Å². The molecule has 0 N–H and O–H groups in total. The first-order chi connectivity index (χ1) is 7.00. The fourth-order valence-electron chi connectivity index (χ4n) is 2.40. The third-order valence-electron chi connectivity index (χ3n) is 3.37. The van der Waals surface area contributed by atoms with Crippen molar-refractivity contribution in [2.45, 2.75) is 36.9 Å². The minimum Gasteiger partial charge on any atom is -0.360 e. The van der Waals surface area contributed by atoms with E-state index in [2.05, 4.69) is 5.16 Å². The van der Waals surface area contributed by atoms with E-state index in [1.165, 1.54) is 0 Å². The van der Waals surface area contributed by atoms with Crippen molar-refractivity contribution in [3.8, 4) is 0 Å². The highest BCUT2D eigenvalue weighted by atomic mass is 35.7. The maximum absolute atomic E-state index is 11.0. The molecule has 1 heterocycles. The van der Waals surface area contributed by atoms with Crippen LogP contribution in [0.25, 0.3) is 0 Å². The molecular weight excluding hydrogens is 238 g/mol. The molecule has 2 aliphatic rings. The monoisotopic (exact) mass is 247 g/mol. The van der Waals surface area contributed by atoms with Crippen LogP contribution in [0.1, 0.15) is 36.3 Å². The van der Waals surface area contributed by atoms with Gasteiger partial charge in [-0.05, 0) is 25.7 Å². The van der Waals surface area contributed by atoms with Crippen LogP contribution < -0.4 is 0 Å². The van der Waals surface area contributed by atoms with E-state index in [0.29, 0.717) is 5.69 Å². The van der Waals surface area contributed by atoms with Crippen molar-refractivity contribution >= 4 is 19.7 Å². The minimum absolute atomic E-state index is 0.205. The van der Waals surface area contributed by atoms with Gasteiger partial charge in [0, 0.05) is 21.7 Å². The van der Waals surface area contributed by atoms with Crippen LogP contribution in [0, 0.1) is 0 Å². The third kappa shape index (κ3) is 1.49. The van der Waals surface area contributed by atoms with E-state index in [1.54, 1.807) is 0 Å². The zero-order chi connectivity index (χ0) is 10.7. The largest absolute Gasteiger partial charge is 0.360 e. The number of nitrogens with zero attached hydrogens (tertiary/aromatic N) is 1. The van der Waals surface area contributed by atoms with E-state index in [0.717, 1.165) is 37.0 Å².